The number of amides is 3. The molecule has 7 nitrogen and oxygen atoms in total. The number of alkyl halides is 3. The Kier molecular flexibility index (Phi) is 5.10. The maximum absolute atomic E-state index is 12.8. The van der Waals surface area contributed by atoms with Crippen molar-refractivity contribution in [3.8, 4) is 0 Å². The van der Waals surface area contributed by atoms with Crippen molar-refractivity contribution in [2.45, 2.75) is 18.6 Å². The van der Waals surface area contributed by atoms with Gasteiger partial charge in [-0.2, -0.15) is 13.2 Å². The number of furan rings is 1. The first-order valence-corrected chi connectivity index (χ1v) is 9.36. The molecule has 0 saturated carbocycles. The van der Waals surface area contributed by atoms with E-state index in [1.807, 2.05) is 4.90 Å². The van der Waals surface area contributed by atoms with Gasteiger partial charge in [0.1, 0.15) is 0 Å². The molecule has 1 aromatic heterocycles. The minimum absolute atomic E-state index is 0.0496. The van der Waals surface area contributed by atoms with Gasteiger partial charge in [-0.3, -0.25) is 19.3 Å². The predicted molar refractivity (Wildman–Crippen MR) is 98.5 cm³/mol. The zero-order chi connectivity index (χ0) is 21.5. The number of hydrogen-bond donors (Lipinski definition) is 0. The average molecular weight is 421 g/mol. The van der Waals surface area contributed by atoms with Gasteiger partial charge in [0.25, 0.3) is 11.8 Å². The summed E-state index contributed by atoms with van der Waals surface area (Å²) in [4.78, 5) is 42.0. The summed E-state index contributed by atoms with van der Waals surface area (Å²) >= 11 is 0. The zero-order valence-electron chi connectivity index (χ0n) is 15.8. The molecule has 0 spiro atoms. The van der Waals surface area contributed by atoms with Gasteiger partial charge in [-0.05, 0) is 36.4 Å². The number of nitrogens with zero attached hydrogens (tertiary/aromatic N) is 3. The summed E-state index contributed by atoms with van der Waals surface area (Å²) in [5, 5.41) is 0. The SMILES string of the molecule is O=C(c1ccco1)N1CCN([C@H]2CC(=O)N(c3ccc(C(F)(F)F)cc3)C2=O)CC1. The molecule has 2 aliphatic heterocycles. The number of anilines is 1. The van der Waals surface area contributed by atoms with Crippen LogP contribution in [0, 0.1) is 0 Å². The number of carbonyl (C=O) groups excluding carboxylic acids is 3. The highest BCUT2D eigenvalue weighted by molar-refractivity contribution is 6.22. The largest absolute Gasteiger partial charge is 0.459 e. The lowest BCUT2D eigenvalue weighted by Crippen LogP contribution is -2.53. The Morgan fingerprint density at radius 3 is 2.23 bits per heavy atom. The van der Waals surface area contributed by atoms with E-state index in [1.165, 1.54) is 6.26 Å². The molecule has 2 aliphatic rings. The molecular weight excluding hydrogens is 403 g/mol. The van der Waals surface area contributed by atoms with Crippen LogP contribution in [-0.2, 0) is 15.8 Å². The molecule has 10 heteroatoms. The number of halogens is 3. The predicted octanol–water partition coefficient (Wildman–Crippen LogP) is 2.39. The van der Waals surface area contributed by atoms with E-state index in [0.717, 1.165) is 29.2 Å². The van der Waals surface area contributed by atoms with Crippen LogP contribution in [0.5, 0.6) is 0 Å². The average Bonchev–Trinajstić information content (AvgIpc) is 3.35. The molecule has 4 rings (SSSR count). The summed E-state index contributed by atoms with van der Waals surface area (Å²) in [5.74, 6) is -0.923. The smallest absolute Gasteiger partial charge is 0.416 e. The molecule has 30 heavy (non-hydrogen) atoms. The van der Waals surface area contributed by atoms with Crippen molar-refractivity contribution in [3.05, 3.63) is 54.0 Å². The third-order valence-electron chi connectivity index (χ3n) is 5.35. The zero-order valence-corrected chi connectivity index (χ0v) is 15.8. The number of rotatable bonds is 3. The lowest BCUT2D eigenvalue weighted by atomic mass is 10.1. The van der Waals surface area contributed by atoms with Crippen molar-refractivity contribution in [1.29, 1.82) is 0 Å². The van der Waals surface area contributed by atoms with E-state index in [9.17, 15) is 27.6 Å². The Balaban J connectivity index is 1.41. The summed E-state index contributed by atoms with van der Waals surface area (Å²) in [6.45, 7) is 1.55. The van der Waals surface area contributed by atoms with E-state index in [0.29, 0.717) is 26.2 Å². The molecule has 0 radical (unpaired) electrons. The molecule has 3 amide bonds. The van der Waals surface area contributed by atoms with Crippen molar-refractivity contribution in [1.82, 2.24) is 9.80 Å². The van der Waals surface area contributed by atoms with Gasteiger partial charge < -0.3 is 9.32 Å². The van der Waals surface area contributed by atoms with Gasteiger partial charge in [-0.15, -0.1) is 0 Å². The van der Waals surface area contributed by atoms with E-state index >= 15 is 0 Å². The van der Waals surface area contributed by atoms with Gasteiger partial charge in [0.05, 0.1) is 30.0 Å². The molecule has 158 valence electrons. The van der Waals surface area contributed by atoms with E-state index in [1.54, 1.807) is 17.0 Å². The maximum atomic E-state index is 12.8. The van der Waals surface area contributed by atoms with Crippen LogP contribution >= 0.6 is 0 Å². The summed E-state index contributed by atoms with van der Waals surface area (Å²) in [5.41, 5.74) is -0.730. The summed E-state index contributed by atoms with van der Waals surface area (Å²) in [6, 6.07) is 6.46. The second-order valence-electron chi connectivity index (χ2n) is 7.14. The molecule has 1 aromatic carbocycles. The van der Waals surface area contributed by atoms with Crippen LogP contribution in [-0.4, -0.2) is 59.7 Å². The van der Waals surface area contributed by atoms with Gasteiger partial charge in [0.15, 0.2) is 5.76 Å². The lowest BCUT2D eigenvalue weighted by Gasteiger charge is -2.36. The first-order chi connectivity index (χ1) is 14.3. The number of hydrogen-bond acceptors (Lipinski definition) is 5. The third-order valence-corrected chi connectivity index (χ3v) is 5.35. The highest BCUT2D eigenvalue weighted by Gasteiger charge is 2.44. The first-order valence-electron chi connectivity index (χ1n) is 9.36. The molecular formula is C20H18F3N3O4. The molecule has 1 atom stereocenters. The van der Waals surface area contributed by atoms with Crippen molar-refractivity contribution >= 4 is 23.4 Å². The lowest BCUT2D eigenvalue weighted by molar-refractivity contribution is -0.137. The van der Waals surface area contributed by atoms with E-state index in [2.05, 4.69) is 0 Å². The second-order valence-corrected chi connectivity index (χ2v) is 7.14. The summed E-state index contributed by atoms with van der Waals surface area (Å²) in [6.07, 6.45) is -3.12. The van der Waals surface area contributed by atoms with Gasteiger partial charge in [-0.1, -0.05) is 0 Å². The van der Waals surface area contributed by atoms with E-state index in [-0.39, 0.29) is 23.8 Å². The van der Waals surface area contributed by atoms with E-state index < -0.39 is 29.6 Å². The fourth-order valence-corrected chi connectivity index (χ4v) is 3.76. The molecule has 0 unspecified atom stereocenters. The standard InChI is InChI=1S/C20H18F3N3O4/c21-20(22,23)13-3-5-14(6-4-13)26-17(27)12-15(18(26)28)24-7-9-25(10-8-24)19(29)16-2-1-11-30-16/h1-6,11,15H,7-10,12H2/t15-/m0/s1. The van der Waals surface area contributed by atoms with Gasteiger partial charge in [-0.25, -0.2) is 4.90 Å². The normalized spacial score (nSPS) is 20.8. The molecule has 0 N–H and O–H groups in total. The minimum Gasteiger partial charge on any atom is -0.459 e. The van der Waals surface area contributed by atoms with Crippen molar-refractivity contribution in [2.75, 3.05) is 31.1 Å². The van der Waals surface area contributed by atoms with Gasteiger partial charge in [0, 0.05) is 26.2 Å². The van der Waals surface area contributed by atoms with Gasteiger partial charge in [0.2, 0.25) is 5.91 Å². The highest BCUT2D eigenvalue weighted by atomic mass is 19.4. The van der Waals surface area contributed by atoms with Crippen LogP contribution in [0.3, 0.4) is 0 Å². The van der Waals surface area contributed by atoms with Gasteiger partial charge >= 0.3 is 6.18 Å². The minimum atomic E-state index is -4.49. The first kappa shape index (κ1) is 20.1. The van der Waals surface area contributed by atoms with Crippen LogP contribution < -0.4 is 4.90 Å². The van der Waals surface area contributed by atoms with Crippen molar-refractivity contribution in [3.63, 3.8) is 0 Å². The Labute approximate surface area is 169 Å². The van der Waals surface area contributed by atoms with Crippen LogP contribution in [0.1, 0.15) is 22.5 Å². The molecule has 3 heterocycles. The topological polar surface area (TPSA) is 74.1 Å². The number of carbonyl (C=O) groups is 3. The molecule has 2 fully saturated rings. The summed E-state index contributed by atoms with van der Waals surface area (Å²) < 4.78 is 43.4. The van der Waals surface area contributed by atoms with Crippen LogP contribution in [0.4, 0.5) is 18.9 Å². The van der Waals surface area contributed by atoms with Crippen LogP contribution in [0.15, 0.2) is 47.1 Å². The Bertz CT molecular complexity index is 949. The van der Waals surface area contributed by atoms with Crippen molar-refractivity contribution in [2.24, 2.45) is 0 Å². The fourth-order valence-electron chi connectivity index (χ4n) is 3.76. The van der Waals surface area contributed by atoms with Crippen LogP contribution in [0.25, 0.3) is 0 Å². The van der Waals surface area contributed by atoms with Crippen LogP contribution in [0.2, 0.25) is 0 Å². The van der Waals surface area contributed by atoms with Crippen molar-refractivity contribution < 1.29 is 32.0 Å². The number of benzene rings is 1. The molecule has 2 saturated heterocycles. The highest BCUT2D eigenvalue weighted by Crippen LogP contribution is 2.32. The van der Waals surface area contributed by atoms with E-state index in [4.69, 9.17) is 4.42 Å². The number of piperazine rings is 1. The number of imide groups is 1. The Morgan fingerprint density at radius 2 is 1.67 bits per heavy atom. The molecule has 0 bridgehead atoms. The Hall–Kier alpha value is -3.14. The molecule has 0 aliphatic carbocycles. The quantitative estimate of drug-likeness (QED) is 0.712. The monoisotopic (exact) mass is 421 g/mol. The Morgan fingerprint density at radius 1 is 1.00 bits per heavy atom. The summed E-state index contributed by atoms with van der Waals surface area (Å²) in [7, 11) is 0. The third kappa shape index (κ3) is 3.70. The maximum Gasteiger partial charge on any atom is 0.416 e. The fraction of sp³-hybridized carbons (Fsp3) is 0.350. The molecule has 2 aromatic rings. The second kappa shape index (κ2) is 7.60.